The van der Waals surface area contributed by atoms with Gasteiger partial charge in [-0.1, -0.05) is 0 Å². The van der Waals surface area contributed by atoms with Crippen molar-refractivity contribution in [1.82, 2.24) is 9.88 Å². The number of aromatic nitrogens is 1. The number of carbonyl (C=O) groups is 1. The third-order valence-electron chi connectivity index (χ3n) is 4.16. The van der Waals surface area contributed by atoms with Crippen molar-refractivity contribution >= 4 is 22.5 Å². The molecule has 1 fully saturated rings. The van der Waals surface area contributed by atoms with Crippen LogP contribution < -0.4 is 5.73 Å². The molecule has 1 aliphatic rings. The molecule has 3 N–H and O–H groups in total. The lowest BCUT2D eigenvalue weighted by atomic mass is 9.99. The maximum Gasteiger partial charge on any atom is 0.255 e. The summed E-state index contributed by atoms with van der Waals surface area (Å²) in [4.78, 5) is 17.6. The second kappa shape index (κ2) is 5.77. The van der Waals surface area contributed by atoms with Crippen molar-refractivity contribution in [3.8, 4) is 0 Å². The Morgan fingerprint density at radius 3 is 2.95 bits per heavy atom. The number of nitrogens with zero attached hydrogens (tertiary/aromatic N) is 1. The smallest absolute Gasteiger partial charge is 0.255 e. The summed E-state index contributed by atoms with van der Waals surface area (Å²) in [7, 11) is 1.87. The highest BCUT2D eigenvalue weighted by atomic mass is 16.5. The fourth-order valence-electron chi connectivity index (χ4n) is 2.93. The number of rotatable bonds is 3. The van der Waals surface area contributed by atoms with Gasteiger partial charge in [-0.2, -0.15) is 0 Å². The third kappa shape index (κ3) is 2.88. The molecule has 0 aliphatic carbocycles. The molecule has 0 atom stereocenters. The predicted molar refractivity (Wildman–Crippen MR) is 83.2 cm³/mol. The molecule has 2 aromatic rings. The van der Waals surface area contributed by atoms with Gasteiger partial charge in [-0.25, -0.2) is 0 Å². The fourth-order valence-corrected chi connectivity index (χ4v) is 2.93. The molecule has 1 aromatic heterocycles. The number of hydrogen-bond acceptors (Lipinski definition) is 3. The lowest BCUT2D eigenvalue weighted by Gasteiger charge is -2.27. The van der Waals surface area contributed by atoms with Crippen molar-refractivity contribution in [2.75, 3.05) is 32.5 Å². The summed E-state index contributed by atoms with van der Waals surface area (Å²) in [6.45, 7) is 2.39. The van der Waals surface area contributed by atoms with E-state index < -0.39 is 0 Å². The Balaban J connectivity index is 1.76. The SMILES string of the molecule is CN(CC1CCOCC1)C(=O)c1c[nH]c2cc(N)ccc12. The summed E-state index contributed by atoms with van der Waals surface area (Å²) in [5, 5.41) is 0.924. The number of nitrogens with two attached hydrogens (primary N) is 1. The van der Waals surface area contributed by atoms with Crippen molar-refractivity contribution < 1.29 is 9.53 Å². The number of nitrogens with one attached hydrogen (secondary N) is 1. The van der Waals surface area contributed by atoms with E-state index in [-0.39, 0.29) is 5.91 Å². The maximum absolute atomic E-state index is 12.6. The second-order valence-corrected chi connectivity index (χ2v) is 5.75. The van der Waals surface area contributed by atoms with Gasteiger partial charge in [0.15, 0.2) is 0 Å². The number of anilines is 1. The van der Waals surface area contributed by atoms with Gasteiger partial charge in [-0.05, 0) is 37.0 Å². The van der Waals surface area contributed by atoms with E-state index in [0.29, 0.717) is 17.2 Å². The van der Waals surface area contributed by atoms with Gasteiger partial charge in [-0.15, -0.1) is 0 Å². The molecule has 21 heavy (non-hydrogen) atoms. The number of H-pyrrole nitrogens is 1. The molecule has 2 heterocycles. The zero-order valence-corrected chi connectivity index (χ0v) is 12.3. The van der Waals surface area contributed by atoms with Crippen LogP contribution in [0.4, 0.5) is 5.69 Å². The highest BCUT2D eigenvalue weighted by molar-refractivity contribution is 6.07. The van der Waals surface area contributed by atoms with E-state index in [9.17, 15) is 4.79 Å². The Morgan fingerprint density at radius 2 is 2.19 bits per heavy atom. The Morgan fingerprint density at radius 1 is 1.43 bits per heavy atom. The zero-order valence-electron chi connectivity index (χ0n) is 12.3. The van der Waals surface area contributed by atoms with Crippen LogP contribution in [0.1, 0.15) is 23.2 Å². The van der Waals surface area contributed by atoms with Crippen molar-refractivity contribution in [2.45, 2.75) is 12.8 Å². The minimum absolute atomic E-state index is 0.0533. The van der Waals surface area contributed by atoms with Gasteiger partial charge in [-0.3, -0.25) is 4.79 Å². The number of nitrogen functional groups attached to an aromatic ring is 1. The molecule has 0 spiro atoms. The first-order valence-electron chi connectivity index (χ1n) is 7.35. The van der Waals surface area contributed by atoms with E-state index in [1.165, 1.54) is 0 Å². The number of benzene rings is 1. The Kier molecular flexibility index (Phi) is 3.84. The molecule has 0 bridgehead atoms. The van der Waals surface area contributed by atoms with Crippen molar-refractivity contribution in [3.63, 3.8) is 0 Å². The van der Waals surface area contributed by atoms with E-state index in [4.69, 9.17) is 10.5 Å². The minimum atomic E-state index is 0.0533. The zero-order chi connectivity index (χ0) is 14.8. The Labute approximate surface area is 124 Å². The van der Waals surface area contributed by atoms with Crippen LogP contribution in [0.3, 0.4) is 0 Å². The largest absolute Gasteiger partial charge is 0.399 e. The normalized spacial score (nSPS) is 16.2. The van der Waals surface area contributed by atoms with Crippen LogP contribution in [0.5, 0.6) is 0 Å². The summed E-state index contributed by atoms with van der Waals surface area (Å²) in [6, 6.07) is 5.58. The van der Waals surface area contributed by atoms with Crippen molar-refractivity contribution in [2.24, 2.45) is 5.92 Å². The quantitative estimate of drug-likeness (QED) is 0.851. The van der Waals surface area contributed by atoms with Crippen LogP contribution >= 0.6 is 0 Å². The number of hydrogen-bond donors (Lipinski definition) is 2. The molecule has 1 aliphatic heterocycles. The molecule has 0 radical (unpaired) electrons. The van der Waals surface area contributed by atoms with E-state index in [1.54, 1.807) is 6.20 Å². The van der Waals surface area contributed by atoms with Crippen LogP contribution in [0.2, 0.25) is 0 Å². The van der Waals surface area contributed by atoms with Crippen molar-refractivity contribution in [1.29, 1.82) is 0 Å². The molecule has 112 valence electrons. The average molecular weight is 287 g/mol. The maximum atomic E-state index is 12.6. The van der Waals surface area contributed by atoms with Crippen LogP contribution in [-0.4, -0.2) is 42.6 Å². The monoisotopic (exact) mass is 287 g/mol. The number of fused-ring (bicyclic) bond motifs is 1. The molecule has 1 saturated heterocycles. The van der Waals surface area contributed by atoms with Gasteiger partial charge in [0, 0.05) is 49.6 Å². The molecular formula is C16H21N3O2. The van der Waals surface area contributed by atoms with E-state index in [0.717, 1.165) is 43.5 Å². The van der Waals surface area contributed by atoms with E-state index in [1.807, 2.05) is 30.1 Å². The van der Waals surface area contributed by atoms with Gasteiger partial charge in [0.2, 0.25) is 0 Å². The third-order valence-corrected chi connectivity index (χ3v) is 4.16. The Hall–Kier alpha value is -2.01. The molecule has 5 heteroatoms. The van der Waals surface area contributed by atoms with Gasteiger partial charge in [0.25, 0.3) is 5.91 Å². The lowest BCUT2D eigenvalue weighted by Crippen LogP contribution is -2.34. The predicted octanol–water partition coefficient (Wildman–Crippen LogP) is 2.25. The van der Waals surface area contributed by atoms with Crippen LogP contribution in [0.15, 0.2) is 24.4 Å². The standard InChI is InChI=1S/C16H21N3O2/c1-19(10-11-4-6-21-7-5-11)16(20)14-9-18-15-8-12(17)2-3-13(14)15/h2-3,8-9,11,18H,4-7,10,17H2,1H3. The molecule has 1 aromatic carbocycles. The number of carbonyl (C=O) groups excluding carboxylic acids is 1. The number of ether oxygens (including phenoxy) is 1. The molecule has 5 nitrogen and oxygen atoms in total. The fraction of sp³-hybridized carbons (Fsp3) is 0.438. The lowest BCUT2D eigenvalue weighted by molar-refractivity contribution is 0.0498. The highest BCUT2D eigenvalue weighted by Gasteiger charge is 2.21. The van der Waals surface area contributed by atoms with Gasteiger partial charge in [0.1, 0.15) is 0 Å². The molecule has 3 rings (SSSR count). The summed E-state index contributed by atoms with van der Waals surface area (Å²) in [5.41, 5.74) is 8.07. The molecule has 1 amide bonds. The minimum Gasteiger partial charge on any atom is -0.399 e. The number of aromatic amines is 1. The summed E-state index contributed by atoms with van der Waals surface area (Å²) < 4.78 is 5.36. The first-order chi connectivity index (χ1) is 10.1. The highest BCUT2D eigenvalue weighted by Crippen LogP contribution is 2.23. The van der Waals surface area contributed by atoms with Gasteiger partial charge in [0.05, 0.1) is 5.56 Å². The molecule has 0 saturated carbocycles. The Bertz CT molecular complexity index is 644. The first kappa shape index (κ1) is 13.9. The molecule has 0 unspecified atom stereocenters. The van der Waals surface area contributed by atoms with Crippen molar-refractivity contribution in [3.05, 3.63) is 30.0 Å². The van der Waals surface area contributed by atoms with Crippen LogP contribution in [0, 0.1) is 5.92 Å². The van der Waals surface area contributed by atoms with E-state index in [2.05, 4.69) is 4.98 Å². The average Bonchev–Trinajstić information content (AvgIpc) is 2.90. The second-order valence-electron chi connectivity index (χ2n) is 5.75. The van der Waals surface area contributed by atoms with E-state index >= 15 is 0 Å². The van der Waals surface area contributed by atoms with Gasteiger partial charge < -0.3 is 20.4 Å². The van der Waals surface area contributed by atoms with Gasteiger partial charge >= 0.3 is 0 Å². The summed E-state index contributed by atoms with van der Waals surface area (Å²) >= 11 is 0. The molecular weight excluding hydrogens is 266 g/mol. The summed E-state index contributed by atoms with van der Waals surface area (Å²) in [6.07, 6.45) is 3.83. The first-order valence-corrected chi connectivity index (χ1v) is 7.35. The topological polar surface area (TPSA) is 71.3 Å². The van der Waals surface area contributed by atoms with Crippen LogP contribution in [0.25, 0.3) is 10.9 Å². The summed E-state index contributed by atoms with van der Waals surface area (Å²) in [5.74, 6) is 0.589. The van der Waals surface area contributed by atoms with Crippen LogP contribution in [-0.2, 0) is 4.74 Å². The number of amides is 1.